The van der Waals surface area contributed by atoms with Crippen molar-refractivity contribution in [1.82, 2.24) is 9.55 Å². The number of hydrogen-bond donors (Lipinski definition) is 0. The van der Waals surface area contributed by atoms with Gasteiger partial charge in [0.2, 0.25) is 0 Å². The normalized spacial score (nSPS) is 11.3. The molecule has 0 saturated carbocycles. The lowest BCUT2D eigenvalue weighted by molar-refractivity contribution is 0.590. The summed E-state index contributed by atoms with van der Waals surface area (Å²) in [5.74, 6) is -0.929. The first kappa shape index (κ1) is 14.8. The van der Waals surface area contributed by atoms with Gasteiger partial charge in [-0.2, -0.15) is 0 Å². The zero-order valence-corrected chi connectivity index (χ0v) is 13.5. The number of nitrogens with zero attached hydrogens (tertiary/aromatic N) is 2. The lowest BCUT2D eigenvalue weighted by Crippen LogP contribution is -1.99. The molecule has 0 aliphatic heterocycles. The van der Waals surface area contributed by atoms with Gasteiger partial charge < -0.3 is 0 Å². The highest BCUT2D eigenvalue weighted by atomic mass is 79.9. The Bertz CT molecular complexity index is 849. The number of halogens is 5. The predicted molar refractivity (Wildman–Crippen MR) is 83.3 cm³/mol. The van der Waals surface area contributed by atoms with Crippen molar-refractivity contribution >= 4 is 50.2 Å². The van der Waals surface area contributed by atoms with E-state index in [1.807, 2.05) is 0 Å². The maximum atomic E-state index is 13.8. The Morgan fingerprint density at radius 1 is 1.19 bits per heavy atom. The monoisotopic (exact) mass is 390 g/mol. The summed E-state index contributed by atoms with van der Waals surface area (Å²) in [4.78, 5) is 4.13. The zero-order valence-electron chi connectivity index (χ0n) is 10.4. The molecule has 0 aliphatic rings. The Morgan fingerprint density at radius 2 is 1.95 bits per heavy atom. The maximum absolute atomic E-state index is 13.8. The minimum Gasteiger partial charge on any atom is -0.295 e. The highest BCUT2D eigenvalue weighted by Gasteiger charge is 2.16. The molecule has 21 heavy (non-hydrogen) atoms. The smallest absolute Gasteiger partial charge is 0.153 e. The Morgan fingerprint density at radius 3 is 2.62 bits per heavy atom. The summed E-state index contributed by atoms with van der Waals surface area (Å²) in [5, 5.41) is 0.478. The van der Waals surface area contributed by atoms with Gasteiger partial charge in [-0.25, -0.2) is 13.8 Å². The van der Waals surface area contributed by atoms with Crippen molar-refractivity contribution in [1.29, 1.82) is 0 Å². The molecule has 0 radical (unpaired) electrons. The number of rotatable bonds is 2. The van der Waals surface area contributed by atoms with Crippen LogP contribution in [0, 0.1) is 11.6 Å². The molecule has 0 unspecified atom stereocenters. The van der Waals surface area contributed by atoms with Gasteiger partial charge in [0.05, 0.1) is 16.4 Å². The topological polar surface area (TPSA) is 17.8 Å². The third-order valence-electron chi connectivity index (χ3n) is 3.03. The molecule has 0 atom stereocenters. The van der Waals surface area contributed by atoms with Crippen LogP contribution in [-0.2, 0) is 5.88 Å². The van der Waals surface area contributed by atoms with Crippen molar-refractivity contribution in [3.8, 4) is 5.69 Å². The molecular formula is C14H7BrCl2F2N2. The minimum absolute atomic E-state index is 0.0590. The molecule has 0 saturated heterocycles. The fourth-order valence-electron chi connectivity index (χ4n) is 2.15. The van der Waals surface area contributed by atoms with Crippen molar-refractivity contribution < 1.29 is 8.78 Å². The van der Waals surface area contributed by atoms with Crippen LogP contribution >= 0.6 is 39.1 Å². The minimum atomic E-state index is -0.724. The quantitative estimate of drug-likeness (QED) is 0.530. The van der Waals surface area contributed by atoms with Crippen LogP contribution in [-0.4, -0.2) is 9.55 Å². The number of aromatic nitrogens is 2. The lowest BCUT2D eigenvalue weighted by Gasteiger charge is -2.09. The van der Waals surface area contributed by atoms with Crippen molar-refractivity contribution in [2.45, 2.75) is 5.88 Å². The van der Waals surface area contributed by atoms with Gasteiger partial charge in [-0.15, -0.1) is 11.6 Å². The zero-order chi connectivity index (χ0) is 15.1. The van der Waals surface area contributed by atoms with Crippen molar-refractivity contribution in [2.75, 3.05) is 0 Å². The Balaban J connectivity index is 2.36. The van der Waals surface area contributed by atoms with E-state index in [4.69, 9.17) is 23.2 Å². The summed E-state index contributed by atoms with van der Waals surface area (Å²) in [6.07, 6.45) is 0. The highest BCUT2D eigenvalue weighted by Crippen LogP contribution is 2.29. The molecule has 7 heteroatoms. The summed E-state index contributed by atoms with van der Waals surface area (Å²) < 4.78 is 29.7. The number of alkyl halides is 1. The fraction of sp³-hybridized carbons (Fsp3) is 0.0714. The summed E-state index contributed by atoms with van der Waals surface area (Å²) in [7, 11) is 0. The molecule has 0 spiro atoms. The lowest BCUT2D eigenvalue weighted by atomic mass is 10.2. The van der Waals surface area contributed by atoms with E-state index in [0.717, 1.165) is 10.5 Å². The molecule has 108 valence electrons. The van der Waals surface area contributed by atoms with E-state index >= 15 is 0 Å². The van der Waals surface area contributed by atoms with Crippen LogP contribution < -0.4 is 0 Å². The van der Waals surface area contributed by atoms with Crippen molar-refractivity contribution in [3.05, 3.63) is 57.3 Å². The maximum Gasteiger partial charge on any atom is 0.153 e. The van der Waals surface area contributed by atoms with Crippen molar-refractivity contribution in [3.63, 3.8) is 0 Å². The third-order valence-corrected chi connectivity index (χ3v) is 4.50. The molecule has 0 aliphatic carbocycles. The van der Waals surface area contributed by atoms with E-state index in [1.165, 1.54) is 6.07 Å². The number of imidazole rings is 1. The summed E-state index contributed by atoms with van der Waals surface area (Å²) in [6.45, 7) is 0. The van der Waals surface area contributed by atoms with Gasteiger partial charge in [0.1, 0.15) is 17.2 Å². The average molecular weight is 392 g/mol. The average Bonchev–Trinajstić information content (AvgIpc) is 2.80. The van der Waals surface area contributed by atoms with Gasteiger partial charge in [-0.3, -0.25) is 4.57 Å². The van der Waals surface area contributed by atoms with Gasteiger partial charge in [0, 0.05) is 22.3 Å². The molecule has 0 fully saturated rings. The molecule has 3 rings (SSSR count). The number of fused-ring (bicyclic) bond motifs is 1. The largest absolute Gasteiger partial charge is 0.295 e. The van der Waals surface area contributed by atoms with E-state index in [0.29, 0.717) is 22.1 Å². The van der Waals surface area contributed by atoms with Crippen LogP contribution in [0.1, 0.15) is 5.82 Å². The van der Waals surface area contributed by atoms with Crippen LogP contribution in [0.3, 0.4) is 0 Å². The molecule has 3 aromatic rings. The summed E-state index contributed by atoms with van der Waals surface area (Å²) >= 11 is 15.3. The third kappa shape index (κ3) is 2.54. The molecule has 1 heterocycles. The Labute approximate surface area is 137 Å². The molecule has 0 amide bonds. The number of hydrogen-bond acceptors (Lipinski definition) is 1. The van der Waals surface area contributed by atoms with E-state index < -0.39 is 11.6 Å². The van der Waals surface area contributed by atoms with Gasteiger partial charge in [-0.05, 0) is 34.1 Å². The van der Waals surface area contributed by atoms with E-state index in [2.05, 4.69) is 20.9 Å². The molecule has 2 nitrogen and oxygen atoms in total. The van der Waals surface area contributed by atoms with E-state index in [1.54, 1.807) is 22.8 Å². The second kappa shape index (κ2) is 5.55. The first-order valence-electron chi connectivity index (χ1n) is 5.89. The van der Waals surface area contributed by atoms with Gasteiger partial charge in [0.25, 0.3) is 0 Å². The SMILES string of the molecule is Fc1cc(F)c2nc(CCl)n(-c3ccc(Br)c(Cl)c3)c2c1. The molecular weight excluding hydrogens is 385 g/mol. The Hall–Kier alpha value is -1.17. The second-order valence-corrected chi connectivity index (χ2v) is 5.88. The standard InChI is InChI=1S/C14H7BrCl2F2N2/c15-9-2-1-8(5-10(9)17)21-12-4-7(18)3-11(19)14(12)20-13(21)6-16/h1-5H,6H2. The molecule has 0 bridgehead atoms. The van der Waals surface area contributed by atoms with E-state index in [-0.39, 0.29) is 11.4 Å². The van der Waals surface area contributed by atoms with Crippen LogP contribution in [0.2, 0.25) is 5.02 Å². The fourth-order valence-corrected chi connectivity index (χ4v) is 2.75. The summed E-state index contributed by atoms with van der Waals surface area (Å²) in [6, 6.07) is 7.20. The predicted octanol–water partition coefficient (Wildman–Crippen LogP) is 5.46. The van der Waals surface area contributed by atoms with Crippen molar-refractivity contribution in [2.24, 2.45) is 0 Å². The van der Waals surface area contributed by atoms with Crippen LogP contribution in [0.25, 0.3) is 16.7 Å². The van der Waals surface area contributed by atoms with Gasteiger partial charge >= 0.3 is 0 Å². The van der Waals surface area contributed by atoms with Crippen LogP contribution in [0.15, 0.2) is 34.8 Å². The highest BCUT2D eigenvalue weighted by molar-refractivity contribution is 9.10. The molecule has 1 aromatic heterocycles. The summed E-state index contributed by atoms with van der Waals surface area (Å²) in [5.41, 5.74) is 1.01. The van der Waals surface area contributed by atoms with E-state index in [9.17, 15) is 8.78 Å². The second-order valence-electron chi connectivity index (χ2n) is 4.35. The van der Waals surface area contributed by atoms with Gasteiger partial charge in [0.15, 0.2) is 5.82 Å². The molecule has 0 N–H and O–H groups in total. The Kier molecular flexibility index (Phi) is 3.90. The van der Waals surface area contributed by atoms with Crippen LogP contribution in [0.4, 0.5) is 8.78 Å². The van der Waals surface area contributed by atoms with Gasteiger partial charge in [-0.1, -0.05) is 11.6 Å². The number of benzene rings is 2. The first-order valence-corrected chi connectivity index (χ1v) is 7.59. The first-order chi connectivity index (χ1) is 10.0. The molecule has 2 aromatic carbocycles. The van der Waals surface area contributed by atoms with Crippen LogP contribution in [0.5, 0.6) is 0 Å².